The van der Waals surface area contributed by atoms with Gasteiger partial charge in [0.2, 0.25) is 0 Å². The first kappa shape index (κ1) is 35.1. The fourth-order valence-corrected chi connectivity index (χ4v) is 5.45. The van der Waals surface area contributed by atoms with Crippen molar-refractivity contribution in [2.45, 2.75) is 78.6 Å². The number of ketones is 1. The fraction of sp³-hybridized carbons (Fsp3) is 0.486. The molecule has 0 aromatic heterocycles. The average molecular weight is 617 g/mol. The van der Waals surface area contributed by atoms with E-state index in [0.29, 0.717) is 31.5 Å². The second-order valence-corrected chi connectivity index (χ2v) is 11.4. The first-order valence-corrected chi connectivity index (χ1v) is 15.7. The number of likely N-dealkylation sites (N-methyl/N-ethyl adjacent to an activating group) is 1. The predicted octanol–water partition coefficient (Wildman–Crippen LogP) is 7.50. The Bertz CT molecular complexity index is 1340. The molecule has 1 fully saturated rings. The summed E-state index contributed by atoms with van der Waals surface area (Å²) in [5, 5.41) is 5.95. The fourth-order valence-electron chi connectivity index (χ4n) is 5.45. The first-order chi connectivity index (χ1) is 21.0. The highest BCUT2D eigenvalue weighted by molar-refractivity contribution is 6.04. The van der Waals surface area contributed by atoms with Crippen molar-refractivity contribution in [3.05, 3.63) is 88.1 Å². The molecule has 9 heteroatoms. The summed E-state index contributed by atoms with van der Waals surface area (Å²) in [7, 11) is 2.01. The Hall–Kier alpha value is -3.43. The molecule has 2 aliphatic heterocycles. The number of alkyl halides is 3. The summed E-state index contributed by atoms with van der Waals surface area (Å²) in [5.41, 5.74) is 3.33. The van der Waals surface area contributed by atoms with Crippen LogP contribution in [-0.4, -0.2) is 60.8 Å². The molecule has 1 unspecified atom stereocenters. The van der Waals surface area contributed by atoms with E-state index in [1.165, 1.54) is 6.07 Å². The number of hydrogen-bond acceptors (Lipinski definition) is 5. The van der Waals surface area contributed by atoms with Gasteiger partial charge in [-0.05, 0) is 79.8 Å². The number of aryl methyl sites for hydroxylation is 2. The number of piperazine rings is 1. The van der Waals surface area contributed by atoms with Crippen LogP contribution in [0.15, 0.2) is 60.3 Å². The number of allylic oxidation sites excluding steroid dienone is 2. The summed E-state index contributed by atoms with van der Waals surface area (Å²) in [6.45, 7) is 11.0. The van der Waals surface area contributed by atoms with E-state index in [-0.39, 0.29) is 32.5 Å². The monoisotopic (exact) mass is 616 g/mol. The molecule has 6 nitrogen and oxygen atoms in total. The predicted molar refractivity (Wildman–Crippen MR) is 176 cm³/mol. The van der Waals surface area contributed by atoms with Gasteiger partial charge in [-0.25, -0.2) is 0 Å². The lowest BCUT2D eigenvalue weighted by Crippen LogP contribution is -2.44. The second-order valence-electron chi connectivity index (χ2n) is 11.4. The molecule has 2 aromatic carbocycles. The van der Waals surface area contributed by atoms with E-state index in [2.05, 4.69) is 22.5 Å². The molecule has 0 saturated carbocycles. The Labute approximate surface area is 263 Å². The molecule has 44 heavy (non-hydrogen) atoms. The van der Waals surface area contributed by atoms with E-state index in [0.717, 1.165) is 55.1 Å². The average Bonchev–Trinajstić information content (AvgIpc) is 2.99. The highest BCUT2D eigenvalue weighted by atomic mass is 19.4. The summed E-state index contributed by atoms with van der Waals surface area (Å²) < 4.78 is 42.1. The van der Waals surface area contributed by atoms with Gasteiger partial charge >= 0.3 is 6.18 Å². The number of Topliss-reactive ketones (excluding diaryl/α,β-unsaturated/α-hetero) is 1. The highest BCUT2D eigenvalue weighted by Crippen LogP contribution is 2.35. The maximum absolute atomic E-state index is 14.0. The third kappa shape index (κ3) is 10.3. The number of hydrogen-bond donors (Lipinski definition) is 2. The number of carbonyl (C=O) groups excluding carboxylic acids is 2. The van der Waals surface area contributed by atoms with Crippen molar-refractivity contribution in [3.63, 3.8) is 0 Å². The van der Waals surface area contributed by atoms with Crippen LogP contribution in [0.25, 0.3) is 0 Å². The molecule has 244 valence electrons. The number of rotatable bonds is 11. The first-order valence-electron chi connectivity index (χ1n) is 15.7. The topological polar surface area (TPSA) is 64.7 Å². The number of carbonyl (C=O) groups is 2. The number of dihydropyridines is 1. The van der Waals surface area contributed by atoms with Crippen molar-refractivity contribution in [3.8, 4) is 0 Å². The molecule has 1 amide bonds. The lowest BCUT2D eigenvalue weighted by Gasteiger charge is -2.33. The van der Waals surface area contributed by atoms with Gasteiger partial charge < -0.3 is 15.5 Å². The van der Waals surface area contributed by atoms with Crippen LogP contribution in [0.3, 0.4) is 0 Å². The maximum Gasteiger partial charge on any atom is 0.416 e. The third-order valence-electron chi connectivity index (χ3n) is 7.87. The van der Waals surface area contributed by atoms with Gasteiger partial charge in [-0.3, -0.25) is 14.5 Å². The Kier molecular flexibility index (Phi) is 13.2. The Morgan fingerprint density at radius 1 is 0.977 bits per heavy atom. The van der Waals surface area contributed by atoms with Crippen LogP contribution >= 0.6 is 0 Å². The Morgan fingerprint density at radius 3 is 2.30 bits per heavy atom. The lowest BCUT2D eigenvalue weighted by atomic mass is 9.94. The van der Waals surface area contributed by atoms with E-state index < -0.39 is 17.6 Å². The van der Waals surface area contributed by atoms with Crippen LogP contribution < -0.4 is 10.6 Å². The van der Waals surface area contributed by atoms with Crippen molar-refractivity contribution >= 4 is 17.4 Å². The molecule has 4 rings (SSSR count). The van der Waals surface area contributed by atoms with Gasteiger partial charge in [-0.2, -0.15) is 13.2 Å². The van der Waals surface area contributed by atoms with Crippen LogP contribution in [0.5, 0.6) is 0 Å². The molecule has 1 atom stereocenters. The van der Waals surface area contributed by atoms with Gasteiger partial charge in [0.25, 0.3) is 5.91 Å². The lowest BCUT2D eigenvalue weighted by molar-refractivity contribution is -0.138. The molecule has 0 bridgehead atoms. The van der Waals surface area contributed by atoms with Gasteiger partial charge in [0.15, 0.2) is 0 Å². The standard InChI is InChI=1S/C33H41F3N4O2.C2H6.2H2/c1-4-5-25-9-10-27(19-26(25)8-6-24-7-12-29(37-21-24)18-23(2)41)32(42)38-30-13-11-28(31(20-30)33(34,35)36)22-40-16-14-39(3)15-17-40;1-2;;/h7,9-13,19-21,29,37H,4-6,8,14-18,22H2,1-3H3,(H,38,42);1-2H3;2*1H. The van der Waals surface area contributed by atoms with Crippen LogP contribution in [0, 0.1) is 0 Å². The minimum absolute atomic E-state index is 0. The molecule has 0 spiro atoms. The zero-order chi connectivity index (χ0) is 32.3. The second kappa shape index (κ2) is 16.6. The molecule has 2 heterocycles. The van der Waals surface area contributed by atoms with E-state index >= 15 is 0 Å². The van der Waals surface area contributed by atoms with Crippen molar-refractivity contribution in [1.29, 1.82) is 0 Å². The van der Waals surface area contributed by atoms with E-state index in [1.807, 2.05) is 56.3 Å². The molecule has 0 radical (unpaired) electrons. The molecule has 0 aliphatic carbocycles. The van der Waals surface area contributed by atoms with Crippen LogP contribution in [-0.2, 0) is 30.4 Å². The third-order valence-corrected chi connectivity index (χ3v) is 7.87. The molecule has 1 saturated heterocycles. The van der Waals surface area contributed by atoms with Crippen LogP contribution in [0.2, 0.25) is 0 Å². The number of nitrogens with zero attached hydrogens (tertiary/aromatic N) is 2. The van der Waals surface area contributed by atoms with Gasteiger partial charge in [-0.1, -0.05) is 51.5 Å². The minimum atomic E-state index is -4.53. The SMILES string of the molecule is CC.CCCc1ccc(C(=O)Nc2ccc(CN3CCN(C)CC3)c(C(F)(F)F)c2)cc1CCC1=CNC(CC(C)=O)C=C1.[HH].[HH]. The summed E-state index contributed by atoms with van der Waals surface area (Å²) in [6, 6.07) is 9.62. The Balaban J connectivity index is 0.00000259. The number of nitrogens with one attached hydrogen (secondary N) is 2. The normalized spacial score (nSPS) is 17.3. The molecule has 2 N–H and O–H groups in total. The van der Waals surface area contributed by atoms with Crippen LogP contribution in [0.1, 0.15) is 82.4 Å². The smallest absolute Gasteiger partial charge is 0.384 e. The van der Waals surface area contributed by atoms with Crippen LogP contribution in [0.4, 0.5) is 18.9 Å². The summed E-state index contributed by atoms with van der Waals surface area (Å²) in [4.78, 5) is 28.8. The zero-order valence-corrected chi connectivity index (χ0v) is 26.7. The van der Waals surface area contributed by atoms with Crippen molar-refractivity contribution < 1.29 is 25.6 Å². The number of benzene rings is 2. The zero-order valence-electron chi connectivity index (χ0n) is 26.7. The van der Waals surface area contributed by atoms with Crippen molar-refractivity contribution in [1.82, 2.24) is 15.1 Å². The largest absolute Gasteiger partial charge is 0.416 e. The van der Waals surface area contributed by atoms with Gasteiger partial charge in [0.05, 0.1) is 11.6 Å². The minimum Gasteiger partial charge on any atom is -0.384 e. The van der Waals surface area contributed by atoms with Gasteiger partial charge in [0, 0.05) is 59.4 Å². The number of amides is 1. The highest BCUT2D eigenvalue weighted by Gasteiger charge is 2.34. The van der Waals surface area contributed by atoms with Gasteiger partial charge in [0.1, 0.15) is 5.78 Å². The van der Waals surface area contributed by atoms with E-state index in [1.54, 1.807) is 19.1 Å². The van der Waals surface area contributed by atoms with Gasteiger partial charge in [-0.15, -0.1) is 0 Å². The molecular weight excluding hydrogens is 565 g/mol. The summed E-state index contributed by atoms with van der Waals surface area (Å²) in [5.74, 6) is -0.311. The molecule has 2 aliphatic rings. The quantitative estimate of drug-likeness (QED) is 0.274. The molecule has 2 aromatic rings. The van der Waals surface area contributed by atoms with Crippen molar-refractivity contribution in [2.24, 2.45) is 0 Å². The Morgan fingerprint density at radius 2 is 1.68 bits per heavy atom. The maximum atomic E-state index is 14.0. The molecular formula is C35H51F3N4O2. The number of halogens is 3. The van der Waals surface area contributed by atoms with E-state index in [9.17, 15) is 22.8 Å². The van der Waals surface area contributed by atoms with E-state index in [4.69, 9.17) is 0 Å². The summed E-state index contributed by atoms with van der Waals surface area (Å²) in [6.07, 6.45) is 5.18. The van der Waals surface area contributed by atoms with Crippen molar-refractivity contribution in [2.75, 3.05) is 38.5 Å². The number of anilines is 1. The summed E-state index contributed by atoms with van der Waals surface area (Å²) >= 11 is 0.